The quantitative estimate of drug-likeness (QED) is 0.710. The second-order valence-electron chi connectivity index (χ2n) is 7.35. The molecule has 154 valence electrons. The highest BCUT2D eigenvalue weighted by atomic mass is 16.5. The van der Waals surface area contributed by atoms with Crippen LogP contribution in [0.4, 0.5) is 5.69 Å². The van der Waals surface area contributed by atoms with Crippen LogP contribution in [0.25, 0.3) is 11.1 Å². The maximum absolute atomic E-state index is 13.2. The number of carbonyl (C=O) groups excluding carboxylic acids is 1. The van der Waals surface area contributed by atoms with E-state index in [1.54, 1.807) is 56.1 Å². The topological polar surface area (TPSA) is 106 Å². The molecule has 30 heavy (non-hydrogen) atoms. The number of pyridine rings is 1. The smallest absolute Gasteiger partial charge is 0.354 e. The van der Waals surface area contributed by atoms with Crippen molar-refractivity contribution in [2.45, 2.75) is 33.2 Å². The molecule has 1 N–H and O–H groups in total. The average Bonchev–Trinajstić information content (AvgIpc) is 3.13. The average molecular weight is 407 g/mol. The molecule has 4 rings (SSSR count). The van der Waals surface area contributed by atoms with Gasteiger partial charge in [-0.2, -0.15) is 4.74 Å². The Balaban J connectivity index is 1.79. The molecule has 1 aromatic carbocycles. The molecule has 0 saturated carbocycles. The van der Waals surface area contributed by atoms with Crippen LogP contribution < -0.4 is 10.5 Å². The van der Waals surface area contributed by atoms with Crippen molar-refractivity contribution in [1.29, 1.82) is 0 Å². The van der Waals surface area contributed by atoms with Crippen LogP contribution in [-0.4, -0.2) is 26.7 Å². The number of rotatable bonds is 4. The number of benzene rings is 1. The van der Waals surface area contributed by atoms with Crippen molar-refractivity contribution < 1.29 is 19.2 Å². The van der Waals surface area contributed by atoms with Crippen molar-refractivity contribution >= 4 is 17.6 Å². The number of carbonyl (C=O) groups is 2. The molecule has 0 fully saturated rings. The summed E-state index contributed by atoms with van der Waals surface area (Å²) in [7, 11) is 1.55. The zero-order valence-corrected chi connectivity index (χ0v) is 17.1. The summed E-state index contributed by atoms with van der Waals surface area (Å²) in [5.74, 6) is -0.892. The number of fused-ring (bicyclic) bond motifs is 1. The van der Waals surface area contributed by atoms with Gasteiger partial charge >= 0.3 is 5.97 Å². The highest BCUT2D eigenvalue weighted by molar-refractivity contribution is 6.13. The molecule has 0 saturated heterocycles. The van der Waals surface area contributed by atoms with E-state index in [2.05, 4.69) is 4.98 Å². The molecule has 8 nitrogen and oxygen atoms in total. The Bertz CT molecular complexity index is 1240. The summed E-state index contributed by atoms with van der Waals surface area (Å²) in [5.41, 5.74) is 2.77. The van der Waals surface area contributed by atoms with Crippen LogP contribution in [0.15, 0.2) is 39.6 Å². The second-order valence-corrected chi connectivity index (χ2v) is 7.35. The Kier molecular flexibility index (Phi) is 4.57. The van der Waals surface area contributed by atoms with Gasteiger partial charge in [0.25, 0.3) is 11.5 Å². The lowest BCUT2D eigenvalue weighted by atomic mass is 9.99. The van der Waals surface area contributed by atoms with E-state index in [-0.39, 0.29) is 17.2 Å². The molecule has 0 spiro atoms. The number of hydrogen-bond acceptors (Lipinski definition) is 5. The predicted octanol–water partition coefficient (Wildman–Crippen LogP) is 3.47. The minimum atomic E-state index is -1.15. The highest BCUT2D eigenvalue weighted by Crippen LogP contribution is 2.41. The lowest BCUT2D eigenvalue weighted by molar-refractivity contribution is 0.0688. The zero-order chi connectivity index (χ0) is 21.7. The van der Waals surface area contributed by atoms with E-state index in [1.807, 2.05) is 6.92 Å². The van der Waals surface area contributed by atoms with Gasteiger partial charge in [-0.3, -0.25) is 9.59 Å². The fourth-order valence-corrected chi connectivity index (χ4v) is 4.16. The third-order valence-corrected chi connectivity index (χ3v) is 5.43. The van der Waals surface area contributed by atoms with Crippen LogP contribution in [0.3, 0.4) is 0 Å². The first-order chi connectivity index (χ1) is 14.2. The van der Waals surface area contributed by atoms with Gasteiger partial charge in [-0.1, -0.05) is 19.1 Å². The normalized spacial score (nSPS) is 15.5. The van der Waals surface area contributed by atoms with Crippen LogP contribution in [-0.2, 0) is 7.05 Å². The third-order valence-electron chi connectivity index (χ3n) is 5.43. The number of hydrogen-bond donors (Lipinski definition) is 1. The summed E-state index contributed by atoms with van der Waals surface area (Å²) in [4.78, 5) is 43.0. The van der Waals surface area contributed by atoms with Gasteiger partial charge < -0.3 is 14.5 Å². The summed E-state index contributed by atoms with van der Waals surface area (Å²) in [6.07, 6.45) is 0.535. The van der Waals surface area contributed by atoms with Gasteiger partial charge in [-0.25, -0.2) is 9.78 Å². The lowest BCUT2D eigenvalue weighted by Crippen LogP contribution is -2.27. The van der Waals surface area contributed by atoms with Crippen LogP contribution in [0.1, 0.15) is 57.3 Å². The fraction of sp³-hybridized carbons (Fsp3) is 0.273. The largest absolute Gasteiger partial charge is 0.477 e. The lowest BCUT2D eigenvalue weighted by Gasteiger charge is -2.25. The number of nitrogens with zero attached hydrogens (tertiary/aromatic N) is 3. The Morgan fingerprint density at radius 2 is 1.87 bits per heavy atom. The van der Waals surface area contributed by atoms with Crippen molar-refractivity contribution in [3.8, 4) is 11.1 Å². The molecule has 0 bridgehead atoms. The number of aromatic nitrogens is 2. The zero-order valence-electron chi connectivity index (χ0n) is 17.1. The minimum absolute atomic E-state index is 0.0816. The number of anilines is 1. The van der Waals surface area contributed by atoms with Gasteiger partial charge in [-0.05, 0) is 44.0 Å². The predicted molar refractivity (Wildman–Crippen MR) is 110 cm³/mol. The summed E-state index contributed by atoms with van der Waals surface area (Å²) < 4.78 is 6.52. The van der Waals surface area contributed by atoms with Crippen LogP contribution in [0, 0.1) is 13.8 Å². The fourth-order valence-electron chi connectivity index (χ4n) is 4.16. The van der Waals surface area contributed by atoms with Gasteiger partial charge in [0.05, 0.1) is 11.6 Å². The van der Waals surface area contributed by atoms with Gasteiger partial charge in [0.2, 0.25) is 0 Å². The van der Waals surface area contributed by atoms with E-state index < -0.39 is 12.0 Å². The SMILES string of the molecule is CCC1c2c(cc(C)nc2C(=O)O)C(=O)N1c1ccc(-c2c(C)on(C)c2=O)cc1. The van der Waals surface area contributed by atoms with E-state index in [9.17, 15) is 19.5 Å². The molecule has 1 atom stereocenters. The van der Waals surface area contributed by atoms with Crippen molar-refractivity contribution in [2.24, 2.45) is 7.05 Å². The summed E-state index contributed by atoms with van der Waals surface area (Å²) in [5, 5.41) is 9.61. The standard InChI is InChI=1S/C22H21N3O5/c1-5-16-18-15(10-11(2)23-19(18)22(28)29)20(26)25(16)14-8-6-13(7-9-14)17-12(3)30-24(4)21(17)27/h6-10,16H,5H2,1-4H3,(H,28,29). The number of carboxylic acids is 1. The van der Waals surface area contributed by atoms with Crippen LogP contribution in [0.5, 0.6) is 0 Å². The van der Waals surface area contributed by atoms with E-state index in [4.69, 9.17) is 4.52 Å². The first kappa shape index (κ1) is 19.6. The first-order valence-electron chi connectivity index (χ1n) is 9.60. The van der Waals surface area contributed by atoms with E-state index in [0.717, 1.165) is 0 Å². The van der Waals surface area contributed by atoms with Crippen LogP contribution in [0.2, 0.25) is 0 Å². The number of amides is 1. The Morgan fingerprint density at radius 3 is 2.40 bits per heavy atom. The van der Waals surface area contributed by atoms with Gasteiger partial charge in [-0.15, -0.1) is 0 Å². The number of aryl methyl sites for hydroxylation is 3. The first-order valence-corrected chi connectivity index (χ1v) is 9.60. The number of carboxylic acid groups (broad SMARTS) is 1. The minimum Gasteiger partial charge on any atom is -0.477 e. The maximum atomic E-state index is 13.2. The molecule has 0 radical (unpaired) electrons. The summed E-state index contributed by atoms with van der Waals surface area (Å²) in [6, 6.07) is 8.25. The van der Waals surface area contributed by atoms with Gasteiger partial charge in [0.1, 0.15) is 5.76 Å². The molecule has 0 aliphatic carbocycles. The van der Waals surface area contributed by atoms with Gasteiger partial charge in [0.15, 0.2) is 5.69 Å². The molecule has 1 aliphatic heterocycles. The second kappa shape index (κ2) is 6.98. The van der Waals surface area contributed by atoms with Crippen molar-refractivity contribution in [2.75, 3.05) is 4.90 Å². The Hall–Kier alpha value is -3.68. The molecule has 1 unspecified atom stereocenters. The highest BCUT2D eigenvalue weighted by Gasteiger charge is 2.40. The Labute approximate surface area is 172 Å². The third kappa shape index (κ3) is 2.83. The van der Waals surface area contributed by atoms with Crippen molar-refractivity contribution in [3.63, 3.8) is 0 Å². The molecule has 1 amide bonds. The van der Waals surface area contributed by atoms with Crippen molar-refractivity contribution in [1.82, 2.24) is 9.72 Å². The maximum Gasteiger partial charge on any atom is 0.354 e. The monoisotopic (exact) mass is 407 g/mol. The molecular weight excluding hydrogens is 386 g/mol. The summed E-state index contributed by atoms with van der Waals surface area (Å²) in [6.45, 7) is 5.30. The molecule has 8 heteroatoms. The molecular formula is C22H21N3O5. The van der Waals surface area contributed by atoms with Crippen LogP contribution >= 0.6 is 0 Å². The number of aromatic carboxylic acids is 1. The van der Waals surface area contributed by atoms with E-state index in [0.29, 0.717) is 45.8 Å². The summed E-state index contributed by atoms with van der Waals surface area (Å²) >= 11 is 0. The Morgan fingerprint density at radius 1 is 1.20 bits per heavy atom. The van der Waals surface area contributed by atoms with E-state index in [1.165, 1.54) is 4.74 Å². The molecule has 2 aromatic heterocycles. The molecule has 3 heterocycles. The molecule has 3 aromatic rings. The van der Waals surface area contributed by atoms with E-state index >= 15 is 0 Å². The van der Waals surface area contributed by atoms with Crippen molar-refractivity contribution in [3.05, 3.63) is 69.0 Å². The van der Waals surface area contributed by atoms with Gasteiger partial charge in [0, 0.05) is 29.6 Å². The molecule has 1 aliphatic rings.